The molecule has 0 aliphatic heterocycles. The zero-order valence-corrected chi connectivity index (χ0v) is 12.8. The summed E-state index contributed by atoms with van der Waals surface area (Å²) in [5.74, 6) is -5.65. The smallest absolute Gasteiger partial charge is 0.323 e. The van der Waals surface area contributed by atoms with Gasteiger partial charge in [0, 0.05) is 0 Å². The zero-order chi connectivity index (χ0) is 18.3. The molecule has 1 unspecified atom stereocenters. The summed E-state index contributed by atoms with van der Waals surface area (Å²) in [5.41, 5.74) is 0.323. The highest BCUT2D eigenvalue weighted by molar-refractivity contribution is 5.91. The maximum atomic E-state index is 12.5. The molecule has 130 valence electrons. The normalized spacial score (nSPS) is 11.4. The predicted octanol–water partition coefficient (Wildman–Crippen LogP) is 0.251. The Labute approximate surface area is 137 Å². The Hall–Kier alpha value is -3.10. The van der Waals surface area contributed by atoms with Crippen LogP contribution < -0.4 is 4.74 Å². The van der Waals surface area contributed by atoms with Crippen molar-refractivity contribution in [3.63, 3.8) is 0 Å². The summed E-state index contributed by atoms with van der Waals surface area (Å²) in [6.07, 6.45) is -0.596. The van der Waals surface area contributed by atoms with Crippen LogP contribution in [0.4, 0.5) is 0 Å². The van der Waals surface area contributed by atoms with Gasteiger partial charge >= 0.3 is 17.9 Å². The molecule has 0 aromatic heterocycles. The first-order chi connectivity index (χ1) is 11.2. The van der Waals surface area contributed by atoms with Crippen LogP contribution >= 0.6 is 0 Å². The Morgan fingerprint density at radius 2 is 1.46 bits per heavy atom. The van der Waals surface area contributed by atoms with Crippen molar-refractivity contribution in [2.75, 3.05) is 20.2 Å². The molecule has 0 heterocycles. The minimum atomic E-state index is -1.39. The van der Waals surface area contributed by atoms with Gasteiger partial charge in [-0.05, 0) is 17.7 Å². The first-order valence-electron chi connectivity index (χ1n) is 6.82. The maximum absolute atomic E-state index is 12.5. The first-order valence-corrected chi connectivity index (χ1v) is 6.82. The summed E-state index contributed by atoms with van der Waals surface area (Å²) in [7, 11) is 1.44. The van der Waals surface area contributed by atoms with Crippen molar-refractivity contribution in [1.82, 2.24) is 4.90 Å². The van der Waals surface area contributed by atoms with Crippen LogP contribution in [0.25, 0.3) is 0 Å². The lowest BCUT2D eigenvalue weighted by Crippen LogP contribution is -2.42. The number of aliphatic carboxylic acids is 3. The summed E-state index contributed by atoms with van der Waals surface area (Å²) in [5, 5.41) is 26.7. The molecule has 1 rings (SSSR count). The van der Waals surface area contributed by atoms with E-state index in [1.807, 2.05) is 0 Å². The van der Waals surface area contributed by atoms with Gasteiger partial charge in [0.2, 0.25) is 5.91 Å². The van der Waals surface area contributed by atoms with Crippen molar-refractivity contribution in [1.29, 1.82) is 0 Å². The van der Waals surface area contributed by atoms with E-state index in [9.17, 15) is 19.2 Å². The van der Waals surface area contributed by atoms with Crippen LogP contribution in [-0.2, 0) is 19.2 Å². The second-order valence-corrected chi connectivity index (χ2v) is 4.91. The molecule has 0 saturated carbocycles. The van der Waals surface area contributed by atoms with Gasteiger partial charge in [0.15, 0.2) is 0 Å². The quantitative estimate of drug-likeness (QED) is 0.581. The van der Waals surface area contributed by atoms with Crippen LogP contribution in [0.2, 0.25) is 0 Å². The molecular weight excluding hydrogens is 322 g/mol. The van der Waals surface area contributed by atoms with Gasteiger partial charge in [0.25, 0.3) is 0 Å². The number of benzene rings is 1. The van der Waals surface area contributed by atoms with Crippen molar-refractivity contribution in [2.24, 2.45) is 0 Å². The van der Waals surface area contributed by atoms with Gasteiger partial charge in [0.05, 0.1) is 19.4 Å². The predicted molar refractivity (Wildman–Crippen MR) is 79.8 cm³/mol. The fraction of sp³-hybridized carbons (Fsp3) is 0.333. The Kier molecular flexibility index (Phi) is 6.72. The third-order valence-corrected chi connectivity index (χ3v) is 3.16. The molecule has 9 nitrogen and oxygen atoms in total. The number of carboxylic acids is 3. The second-order valence-electron chi connectivity index (χ2n) is 4.91. The van der Waals surface area contributed by atoms with Crippen LogP contribution in [0.3, 0.4) is 0 Å². The number of carboxylic acid groups (broad SMARTS) is 3. The average Bonchev–Trinajstić information content (AvgIpc) is 2.50. The standard InChI is InChI=1S/C15H17NO8/c1-24-10-4-2-9(3-5-10)11(6-12(17)18)15(23)16(7-13(19)20)8-14(21)22/h2-5,11H,6-8H2,1H3,(H,17,18)(H,19,20)(H,21,22). The summed E-state index contributed by atoms with van der Waals surface area (Å²) >= 11 is 0. The largest absolute Gasteiger partial charge is 0.497 e. The van der Waals surface area contributed by atoms with E-state index in [2.05, 4.69) is 0 Å². The van der Waals surface area contributed by atoms with E-state index in [1.165, 1.54) is 31.4 Å². The lowest BCUT2D eigenvalue weighted by atomic mass is 9.94. The number of methoxy groups -OCH3 is 1. The number of ether oxygens (including phenoxy) is 1. The van der Waals surface area contributed by atoms with Crippen LogP contribution in [0, 0.1) is 0 Å². The molecule has 0 saturated heterocycles. The van der Waals surface area contributed by atoms with E-state index in [-0.39, 0.29) is 0 Å². The molecule has 1 aromatic rings. The van der Waals surface area contributed by atoms with Gasteiger partial charge in [-0.1, -0.05) is 12.1 Å². The summed E-state index contributed by atoms with van der Waals surface area (Å²) in [4.78, 5) is 45.8. The lowest BCUT2D eigenvalue weighted by molar-refractivity contribution is -0.150. The van der Waals surface area contributed by atoms with Crippen molar-refractivity contribution in [2.45, 2.75) is 12.3 Å². The molecule has 24 heavy (non-hydrogen) atoms. The molecule has 1 amide bonds. The summed E-state index contributed by atoms with van der Waals surface area (Å²) in [6, 6.07) is 6.00. The highest BCUT2D eigenvalue weighted by atomic mass is 16.5. The van der Waals surface area contributed by atoms with Gasteiger partial charge in [0.1, 0.15) is 18.8 Å². The number of carbonyl (C=O) groups is 4. The molecule has 1 atom stereocenters. The molecular formula is C15H17NO8. The lowest BCUT2D eigenvalue weighted by Gasteiger charge is -2.24. The minimum Gasteiger partial charge on any atom is -0.497 e. The fourth-order valence-corrected chi connectivity index (χ4v) is 2.12. The second kappa shape index (κ2) is 8.51. The van der Waals surface area contributed by atoms with Crippen molar-refractivity contribution in [3.05, 3.63) is 29.8 Å². The number of amides is 1. The van der Waals surface area contributed by atoms with Crippen LogP contribution in [-0.4, -0.2) is 64.2 Å². The summed E-state index contributed by atoms with van der Waals surface area (Å²) in [6.45, 7) is -1.67. The topological polar surface area (TPSA) is 141 Å². The van der Waals surface area contributed by atoms with Gasteiger partial charge in [-0.2, -0.15) is 0 Å². The number of nitrogens with zero attached hydrogens (tertiary/aromatic N) is 1. The van der Waals surface area contributed by atoms with E-state index >= 15 is 0 Å². The molecule has 1 aromatic carbocycles. The molecule has 0 spiro atoms. The third kappa shape index (κ3) is 5.59. The number of rotatable bonds is 9. The fourth-order valence-electron chi connectivity index (χ4n) is 2.12. The molecule has 9 heteroatoms. The van der Waals surface area contributed by atoms with Gasteiger partial charge in [-0.15, -0.1) is 0 Å². The average molecular weight is 339 g/mol. The van der Waals surface area contributed by atoms with Gasteiger partial charge in [-0.25, -0.2) is 0 Å². The van der Waals surface area contributed by atoms with E-state index in [0.717, 1.165) is 0 Å². The van der Waals surface area contributed by atoms with Crippen molar-refractivity contribution in [3.8, 4) is 5.75 Å². The van der Waals surface area contributed by atoms with Crippen molar-refractivity contribution >= 4 is 23.8 Å². The molecule has 0 fully saturated rings. The molecule has 0 radical (unpaired) electrons. The highest BCUT2D eigenvalue weighted by Crippen LogP contribution is 2.25. The minimum absolute atomic E-state index is 0.323. The van der Waals surface area contributed by atoms with Crippen LogP contribution in [0.1, 0.15) is 17.9 Å². The molecule has 0 aliphatic carbocycles. The maximum Gasteiger partial charge on any atom is 0.323 e. The van der Waals surface area contributed by atoms with Gasteiger partial charge < -0.3 is 25.0 Å². The van der Waals surface area contributed by atoms with E-state index in [0.29, 0.717) is 16.2 Å². The van der Waals surface area contributed by atoms with E-state index < -0.39 is 49.2 Å². The number of hydrogen-bond acceptors (Lipinski definition) is 5. The molecule has 3 N–H and O–H groups in total. The first kappa shape index (κ1) is 18.9. The third-order valence-electron chi connectivity index (χ3n) is 3.16. The Morgan fingerprint density at radius 3 is 1.83 bits per heavy atom. The summed E-state index contributed by atoms with van der Waals surface area (Å²) < 4.78 is 4.98. The SMILES string of the molecule is COc1ccc(C(CC(=O)O)C(=O)N(CC(=O)O)CC(=O)O)cc1. The highest BCUT2D eigenvalue weighted by Gasteiger charge is 2.30. The zero-order valence-electron chi connectivity index (χ0n) is 12.8. The van der Waals surface area contributed by atoms with Crippen LogP contribution in [0.5, 0.6) is 5.75 Å². The Bertz CT molecular complexity index is 609. The number of carbonyl (C=O) groups excluding carboxylic acids is 1. The monoisotopic (exact) mass is 339 g/mol. The number of hydrogen-bond donors (Lipinski definition) is 3. The molecule has 0 aliphatic rings. The Balaban J connectivity index is 3.14. The van der Waals surface area contributed by atoms with Crippen LogP contribution in [0.15, 0.2) is 24.3 Å². The van der Waals surface area contributed by atoms with E-state index in [4.69, 9.17) is 20.1 Å². The molecule has 0 bridgehead atoms. The van der Waals surface area contributed by atoms with Gasteiger partial charge in [-0.3, -0.25) is 19.2 Å². The van der Waals surface area contributed by atoms with Crippen molar-refractivity contribution < 1.29 is 39.2 Å². The van der Waals surface area contributed by atoms with E-state index in [1.54, 1.807) is 0 Å². The Morgan fingerprint density at radius 1 is 0.958 bits per heavy atom.